The van der Waals surface area contributed by atoms with E-state index in [2.05, 4.69) is 84.9 Å². The van der Waals surface area contributed by atoms with Crippen molar-refractivity contribution in [3.05, 3.63) is 83.9 Å². The number of hydrogen-bond donors (Lipinski definition) is 0. The zero-order valence-corrected chi connectivity index (χ0v) is 17.5. The average molecular weight is 393 g/mol. The lowest BCUT2D eigenvalue weighted by molar-refractivity contribution is 0.753. The highest BCUT2D eigenvalue weighted by molar-refractivity contribution is 5.70. The van der Waals surface area contributed by atoms with Crippen LogP contribution in [-0.4, -0.2) is 0 Å². The van der Waals surface area contributed by atoms with Crippen molar-refractivity contribution >= 4 is 0 Å². The standard InChI is InChI=1S/C28H28N2/c29-21-5-1-3-7-23-9-13-25(14-10-23)27-17-19-28(20-18-27)26-15-11-24(12-16-26)8-4-2-6-22-30/h9-20H,1-8H2. The van der Waals surface area contributed by atoms with E-state index in [4.69, 9.17) is 10.5 Å². The van der Waals surface area contributed by atoms with Crippen LogP contribution in [0.2, 0.25) is 0 Å². The molecular formula is C28H28N2. The molecule has 3 rings (SSSR count). The molecule has 0 heterocycles. The van der Waals surface area contributed by atoms with Crippen LogP contribution in [0.5, 0.6) is 0 Å². The van der Waals surface area contributed by atoms with Crippen LogP contribution in [-0.2, 0) is 12.8 Å². The third-order valence-electron chi connectivity index (χ3n) is 5.47. The molecule has 30 heavy (non-hydrogen) atoms. The fourth-order valence-electron chi connectivity index (χ4n) is 3.65. The predicted molar refractivity (Wildman–Crippen MR) is 124 cm³/mol. The van der Waals surface area contributed by atoms with Gasteiger partial charge in [-0.05, 0) is 71.9 Å². The van der Waals surface area contributed by atoms with Gasteiger partial charge in [0.15, 0.2) is 0 Å². The lowest BCUT2D eigenvalue weighted by Gasteiger charge is -2.07. The summed E-state index contributed by atoms with van der Waals surface area (Å²) in [6.45, 7) is 0. The normalized spacial score (nSPS) is 10.3. The van der Waals surface area contributed by atoms with Gasteiger partial charge in [-0.15, -0.1) is 0 Å². The van der Waals surface area contributed by atoms with E-state index < -0.39 is 0 Å². The van der Waals surface area contributed by atoms with Gasteiger partial charge in [-0.2, -0.15) is 10.5 Å². The minimum atomic E-state index is 0.648. The zero-order valence-electron chi connectivity index (χ0n) is 17.5. The highest BCUT2D eigenvalue weighted by Crippen LogP contribution is 2.26. The largest absolute Gasteiger partial charge is 0.198 e. The molecule has 0 unspecified atom stereocenters. The molecule has 0 radical (unpaired) electrons. The molecule has 0 aromatic heterocycles. The second kappa shape index (κ2) is 11.6. The number of unbranched alkanes of at least 4 members (excludes halogenated alkanes) is 4. The van der Waals surface area contributed by atoms with E-state index in [0.29, 0.717) is 12.8 Å². The van der Waals surface area contributed by atoms with Crippen molar-refractivity contribution < 1.29 is 0 Å². The van der Waals surface area contributed by atoms with Crippen LogP contribution >= 0.6 is 0 Å². The molecule has 0 saturated heterocycles. The molecule has 0 N–H and O–H groups in total. The molecule has 150 valence electrons. The summed E-state index contributed by atoms with van der Waals surface area (Å²) in [5, 5.41) is 17.2. The summed E-state index contributed by atoms with van der Waals surface area (Å²) in [6, 6.07) is 30.7. The summed E-state index contributed by atoms with van der Waals surface area (Å²) in [7, 11) is 0. The van der Waals surface area contributed by atoms with Crippen LogP contribution in [0.1, 0.15) is 49.7 Å². The van der Waals surface area contributed by atoms with Crippen molar-refractivity contribution in [2.45, 2.75) is 51.4 Å². The maximum Gasteiger partial charge on any atom is 0.0621 e. The second-order valence-corrected chi connectivity index (χ2v) is 7.70. The molecule has 0 atom stereocenters. The number of nitrogens with zero attached hydrogens (tertiary/aromatic N) is 2. The summed E-state index contributed by atoms with van der Waals surface area (Å²) < 4.78 is 0. The minimum absolute atomic E-state index is 0.648. The van der Waals surface area contributed by atoms with Gasteiger partial charge in [0.2, 0.25) is 0 Å². The van der Waals surface area contributed by atoms with Gasteiger partial charge in [0, 0.05) is 12.8 Å². The van der Waals surface area contributed by atoms with Gasteiger partial charge in [-0.25, -0.2) is 0 Å². The van der Waals surface area contributed by atoms with Gasteiger partial charge in [0.05, 0.1) is 12.1 Å². The van der Waals surface area contributed by atoms with Crippen LogP contribution in [0, 0.1) is 22.7 Å². The quantitative estimate of drug-likeness (QED) is 0.335. The summed E-state index contributed by atoms with van der Waals surface area (Å²) >= 11 is 0. The Bertz CT molecular complexity index is 900. The molecule has 2 heteroatoms. The molecule has 0 aliphatic heterocycles. The van der Waals surface area contributed by atoms with E-state index in [-0.39, 0.29) is 0 Å². The molecule has 0 aliphatic carbocycles. The van der Waals surface area contributed by atoms with Gasteiger partial charge in [0.1, 0.15) is 0 Å². The molecule has 3 aromatic carbocycles. The van der Waals surface area contributed by atoms with Crippen molar-refractivity contribution in [2.75, 3.05) is 0 Å². The van der Waals surface area contributed by atoms with Crippen molar-refractivity contribution in [3.63, 3.8) is 0 Å². The lowest BCUT2D eigenvalue weighted by Crippen LogP contribution is -1.87. The van der Waals surface area contributed by atoms with Crippen molar-refractivity contribution in [3.8, 4) is 34.4 Å². The SMILES string of the molecule is N#CCCCCc1ccc(-c2ccc(-c3ccc(CCCCC#N)cc3)cc2)cc1. The molecular weight excluding hydrogens is 364 g/mol. The van der Waals surface area contributed by atoms with Crippen LogP contribution in [0.15, 0.2) is 72.8 Å². The van der Waals surface area contributed by atoms with E-state index in [1.54, 1.807) is 0 Å². The monoisotopic (exact) mass is 392 g/mol. The van der Waals surface area contributed by atoms with Crippen LogP contribution in [0.3, 0.4) is 0 Å². The first kappa shape index (κ1) is 21.4. The van der Waals surface area contributed by atoms with Gasteiger partial charge < -0.3 is 0 Å². The number of aryl methyl sites for hydroxylation is 2. The molecule has 0 bridgehead atoms. The fraction of sp³-hybridized carbons (Fsp3) is 0.286. The van der Waals surface area contributed by atoms with Crippen molar-refractivity contribution in [1.29, 1.82) is 10.5 Å². The lowest BCUT2D eigenvalue weighted by atomic mass is 9.97. The Balaban J connectivity index is 1.58. The Morgan fingerprint density at radius 1 is 0.433 bits per heavy atom. The molecule has 0 amide bonds. The first-order chi connectivity index (χ1) is 14.8. The number of nitriles is 2. The van der Waals surface area contributed by atoms with E-state index in [1.165, 1.54) is 33.4 Å². The van der Waals surface area contributed by atoms with E-state index >= 15 is 0 Å². The van der Waals surface area contributed by atoms with Gasteiger partial charge in [-0.3, -0.25) is 0 Å². The average Bonchev–Trinajstić information content (AvgIpc) is 2.81. The molecule has 2 nitrogen and oxygen atoms in total. The Hall–Kier alpha value is -3.36. The second-order valence-electron chi connectivity index (χ2n) is 7.70. The van der Waals surface area contributed by atoms with Gasteiger partial charge in [0.25, 0.3) is 0 Å². The number of hydrogen-bond acceptors (Lipinski definition) is 2. The first-order valence-corrected chi connectivity index (χ1v) is 10.8. The van der Waals surface area contributed by atoms with E-state index in [0.717, 1.165) is 38.5 Å². The van der Waals surface area contributed by atoms with Crippen LogP contribution in [0.25, 0.3) is 22.3 Å². The van der Waals surface area contributed by atoms with Gasteiger partial charge >= 0.3 is 0 Å². The fourth-order valence-corrected chi connectivity index (χ4v) is 3.65. The van der Waals surface area contributed by atoms with Crippen LogP contribution in [0.4, 0.5) is 0 Å². The summed E-state index contributed by atoms with van der Waals surface area (Å²) in [5.41, 5.74) is 7.58. The summed E-state index contributed by atoms with van der Waals surface area (Å²) in [6.07, 6.45) is 7.46. The zero-order chi connectivity index (χ0) is 21.0. The van der Waals surface area contributed by atoms with Crippen molar-refractivity contribution in [2.24, 2.45) is 0 Å². The highest BCUT2D eigenvalue weighted by Gasteiger charge is 2.02. The summed E-state index contributed by atoms with van der Waals surface area (Å²) in [4.78, 5) is 0. The summed E-state index contributed by atoms with van der Waals surface area (Å²) in [5.74, 6) is 0. The maximum absolute atomic E-state index is 8.62. The van der Waals surface area contributed by atoms with Gasteiger partial charge in [-0.1, -0.05) is 72.8 Å². The van der Waals surface area contributed by atoms with Crippen molar-refractivity contribution in [1.82, 2.24) is 0 Å². The minimum Gasteiger partial charge on any atom is -0.198 e. The molecule has 0 spiro atoms. The van der Waals surface area contributed by atoms with E-state index in [9.17, 15) is 0 Å². The third-order valence-corrected chi connectivity index (χ3v) is 5.47. The van der Waals surface area contributed by atoms with E-state index in [1.807, 2.05) is 0 Å². The Morgan fingerprint density at radius 3 is 1.03 bits per heavy atom. The predicted octanol–water partition coefficient (Wildman–Crippen LogP) is 7.49. The first-order valence-electron chi connectivity index (χ1n) is 10.8. The van der Waals surface area contributed by atoms with Crippen LogP contribution < -0.4 is 0 Å². The molecule has 0 fully saturated rings. The molecule has 3 aromatic rings. The molecule has 0 aliphatic rings. The number of rotatable bonds is 10. The Kier molecular flexibility index (Phi) is 8.25. The topological polar surface area (TPSA) is 47.6 Å². The number of benzene rings is 3. The third kappa shape index (κ3) is 6.33. The smallest absolute Gasteiger partial charge is 0.0621 e. The maximum atomic E-state index is 8.62. The highest BCUT2D eigenvalue weighted by atomic mass is 14.2. The Morgan fingerprint density at radius 2 is 0.733 bits per heavy atom. The Labute approximate surface area is 180 Å². The molecule has 0 saturated carbocycles.